The van der Waals surface area contributed by atoms with Crippen LogP contribution in [0.2, 0.25) is 0 Å². The topological polar surface area (TPSA) is 75.3 Å². The summed E-state index contributed by atoms with van der Waals surface area (Å²) in [6, 6.07) is 3.06. The molecule has 0 aromatic heterocycles. The maximum Gasteiger partial charge on any atom is 0.293 e. The van der Waals surface area contributed by atoms with Crippen molar-refractivity contribution in [1.82, 2.24) is 5.32 Å². The van der Waals surface area contributed by atoms with Crippen LogP contribution in [0, 0.1) is 18.2 Å². The summed E-state index contributed by atoms with van der Waals surface area (Å²) < 4.78 is 13.2. The second-order valence-corrected chi connectivity index (χ2v) is 3.85. The van der Waals surface area contributed by atoms with Gasteiger partial charge in [0.25, 0.3) is 11.7 Å². The van der Waals surface area contributed by atoms with Gasteiger partial charge in [-0.3, -0.25) is 14.4 Å². The van der Waals surface area contributed by atoms with Crippen molar-refractivity contribution in [2.75, 3.05) is 17.7 Å². The molecule has 0 saturated heterocycles. The number of amides is 2. The minimum absolute atomic E-state index is 0.00194. The van der Waals surface area contributed by atoms with Gasteiger partial charge in [0.05, 0.1) is 17.8 Å². The van der Waals surface area contributed by atoms with Crippen molar-refractivity contribution in [1.29, 1.82) is 0 Å². The molecular weight excluding hydrogens is 287 g/mol. The molecule has 0 fully saturated rings. The van der Waals surface area contributed by atoms with Crippen molar-refractivity contribution < 1.29 is 18.8 Å². The quantitative estimate of drug-likeness (QED) is 0.367. The van der Waals surface area contributed by atoms with Crippen LogP contribution in [0.3, 0.4) is 0 Å². The predicted octanol–water partition coefficient (Wildman–Crippen LogP) is 0.935. The first-order chi connectivity index (χ1) is 9.49. The van der Waals surface area contributed by atoms with Crippen LogP contribution < -0.4 is 10.6 Å². The number of nitrogens with one attached hydrogen (secondary N) is 2. The largest absolute Gasteiger partial charge is 0.338 e. The van der Waals surface area contributed by atoms with Crippen LogP contribution in [0.25, 0.3) is 0 Å². The van der Waals surface area contributed by atoms with E-state index in [1.54, 1.807) is 0 Å². The molecular formula is C13H10ClFN2O3. The van der Waals surface area contributed by atoms with Crippen molar-refractivity contribution >= 4 is 34.9 Å². The van der Waals surface area contributed by atoms with Crippen LogP contribution in [0.4, 0.5) is 10.1 Å². The summed E-state index contributed by atoms with van der Waals surface area (Å²) in [5.41, 5.74) is -0.282. The summed E-state index contributed by atoms with van der Waals surface area (Å²) >= 11 is 5.32. The van der Waals surface area contributed by atoms with Crippen LogP contribution in [0.1, 0.15) is 10.4 Å². The fourth-order valence-electron chi connectivity index (χ4n) is 1.33. The van der Waals surface area contributed by atoms with Gasteiger partial charge in [0.1, 0.15) is 11.7 Å². The van der Waals surface area contributed by atoms with Gasteiger partial charge in [0, 0.05) is 0 Å². The molecule has 1 aromatic rings. The number of rotatable bonds is 5. The standard InChI is InChI=1S/C13H10ClFN2O3/c1-2-5-16-13(20)12(19)9-6-8(15)3-4-10(9)17-11(18)7-14/h1,3-4,6H,5,7H2,(H,16,20)(H,17,18). The lowest BCUT2D eigenvalue weighted by molar-refractivity contribution is -0.117. The first-order valence-corrected chi connectivity index (χ1v) is 5.94. The van der Waals surface area contributed by atoms with Gasteiger partial charge in [0.15, 0.2) is 0 Å². The molecule has 0 heterocycles. The second kappa shape index (κ2) is 7.26. The number of carbonyl (C=O) groups is 3. The highest BCUT2D eigenvalue weighted by Gasteiger charge is 2.20. The molecule has 20 heavy (non-hydrogen) atoms. The van der Waals surface area contributed by atoms with E-state index < -0.39 is 23.4 Å². The highest BCUT2D eigenvalue weighted by Crippen LogP contribution is 2.18. The number of Topliss-reactive ketones (excluding diaryl/α,β-unsaturated/α-hetero) is 1. The SMILES string of the molecule is C#CCNC(=O)C(=O)c1cc(F)ccc1NC(=O)CCl. The number of anilines is 1. The van der Waals surface area contributed by atoms with Crippen LogP contribution in [0.15, 0.2) is 18.2 Å². The van der Waals surface area contributed by atoms with Gasteiger partial charge in [-0.1, -0.05) is 5.92 Å². The zero-order valence-electron chi connectivity index (χ0n) is 10.2. The second-order valence-electron chi connectivity index (χ2n) is 3.59. The van der Waals surface area contributed by atoms with E-state index in [1.807, 2.05) is 0 Å². The maximum absolute atomic E-state index is 13.2. The van der Waals surface area contributed by atoms with Crippen molar-refractivity contribution in [2.45, 2.75) is 0 Å². The summed E-state index contributed by atoms with van der Waals surface area (Å²) in [5, 5.41) is 4.46. The third-order valence-corrected chi connectivity index (χ3v) is 2.42. The normalized spacial score (nSPS) is 9.45. The minimum atomic E-state index is -1.01. The Hall–Kier alpha value is -2.39. The Morgan fingerprint density at radius 1 is 1.35 bits per heavy atom. The number of alkyl halides is 1. The average molecular weight is 297 g/mol. The zero-order valence-corrected chi connectivity index (χ0v) is 11.0. The Balaban J connectivity index is 3.05. The third-order valence-electron chi connectivity index (χ3n) is 2.18. The molecule has 2 amide bonds. The molecule has 1 rings (SSSR count). The number of carbonyl (C=O) groups excluding carboxylic acids is 3. The molecule has 5 nitrogen and oxygen atoms in total. The van der Waals surface area contributed by atoms with Crippen molar-refractivity contribution in [3.8, 4) is 12.3 Å². The Bertz CT molecular complexity index is 596. The van der Waals surface area contributed by atoms with E-state index in [0.29, 0.717) is 0 Å². The highest BCUT2D eigenvalue weighted by atomic mass is 35.5. The Morgan fingerprint density at radius 2 is 2.05 bits per heavy atom. The molecule has 0 spiro atoms. The Morgan fingerprint density at radius 3 is 2.65 bits per heavy atom. The fourth-order valence-corrected chi connectivity index (χ4v) is 1.40. The number of hydrogen-bond donors (Lipinski definition) is 2. The van der Waals surface area contributed by atoms with E-state index in [0.717, 1.165) is 12.1 Å². The van der Waals surface area contributed by atoms with Crippen molar-refractivity contribution in [3.05, 3.63) is 29.6 Å². The van der Waals surface area contributed by atoms with E-state index in [9.17, 15) is 18.8 Å². The van der Waals surface area contributed by atoms with Gasteiger partial charge in [-0.25, -0.2) is 4.39 Å². The smallest absolute Gasteiger partial charge is 0.293 e. The van der Waals surface area contributed by atoms with Crippen LogP contribution in [0.5, 0.6) is 0 Å². The Labute approximate surface area is 119 Å². The molecule has 0 atom stereocenters. The van der Waals surface area contributed by atoms with Gasteiger partial charge in [-0.15, -0.1) is 18.0 Å². The summed E-state index contributed by atoms with van der Waals surface area (Å²) in [4.78, 5) is 34.6. The molecule has 0 unspecified atom stereocenters. The summed E-state index contributed by atoms with van der Waals surface area (Å²) in [6.45, 7) is -0.136. The Kier molecular flexibility index (Phi) is 5.69. The maximum atomic E-state index is 13.2. The van der Waals surface area contributed by atoms with E-state index in [4.69, 9.17) is 18.0 Å². The number of ketones is 1. The number of hydrogen-bond acceptors (Lipinski definition) is 3. The van der Waals surface area contributed by atoms with Gasteiger partial charge < -0.3 is 10.6 Å². The lowest BCUT2D eigenvalue weighted by atomic mass is 10.1. The van der Waals surface area contributed by atoms with Gasteiger partial charge in [-0.2, -0.15) is 0 Å². The molecule has 1 aromatic carbocycles. The van der Waals surface area contributed by atoms with Gasteiger partial charge in [0.2, 0.25) is 5.91 Å². The number of halogens is 2. The van der Waals surface area contributed by atoms with E-state index in [-0.39, 0.29) is 23.7 Å². The minimum Gasteiger partial charge on any atom is -0.338 e. The predicted molar refractivity (Wildman–Crippen MR) is 71.9 cm³/mol. The van der Waals surface area contributed by atoms with Gasteiger partial charge in [-0.05, 0) is 18.2 Å². The average Bonchev–Trinajstić information content (AvgIpc) is 2.45. The van der Waals surface area contributed by atoms with Crippen LogP contribution in [-0.2, 0) is 9.59 Å². The van der Waals surface area contributed by atoms with Crippen LogP contribution >= 0.6 is 11.6 Å². The first-order valence-electron chi connectivity index (χ1n) is 5.41. The van der Waals surface area contributed by atoms with Crippen molar-refractivity contribution in [3.63, 3.8) is 0 Å². The molecule has 0 aliphatic rings. The lowest BCUT2D eigenvalue weighted by Gasteiger charge is -2.09. The molecule has 0 aliphatic carbocycles. The van der Waals surface area contributed by atoms with E-state index in [2.05, 4.69) is 16.6 Å². The first kappa shape index (κ1) is 15.7. The monoisotopic (exact) mass is 296 g/mol. The summed E-state index contributed by atoms with van der Waals surface area (Å²) in [7, 11) is 0. The van der Waals surface area contributed by atoms with Gasteiger partial charge >= 0.3 is 0 Å². The molecule has 7 heteroatoms. The molecule has 2 N–H and O–H groups in total. The van der Waals surface area contributed by atoms with Crippen molar-refractivity contribution in [2.24, 2.45) is 0 Å². The molecule has 0 saturated carbocycles. The van der Waals surface area contributed by atoms with E-state index in [1.165, 1.54) is 6.07 Å². The number of benzene rings is 1. The lowest BCUT2D eigenvalue weighted by Crippen LogP contribution is -2.32. The third kappa shape index (κ3) is 4.07. The summed E-state index contributed by atoms with van der Waals surface area (Å²) in [6.07, 6.45) is 4.95. The highest BCUT2D eigenvalue weighted by molar-refractivity contribution is 6.44. The zero-order chi connectivity index (χ0) is 15.1. The molecule has 0 bridgehead atoms. The van der Waals surface area contributed by atoms with Crippen LogP contribution in [-0.4, -0.2) is 30.0 Å². The molecule has 104 valence electrons. The molecule has 0 aliphatic heterocycles. The fraction of sp³-hybridized carbons (Fsp3) is 0.154. The molecule has 0 radical (unpaired) electrons. The summed E-state index contributed by atoms with van der Waals surface area (Å²) in [5.74, 6) is -1.52. The number of terminal acetylenes is 1. The van der Waals surface area contributed by atoms with E-state index >= 15 is 0 Å².